The van der Waals surface area contributed by atoms with Crippen molar-refractivity contribution in [3.63, 3.8) is 0 Å². The quantitative estimate of drug-likeness (QED) is 0.339. The predicted octanol–water partition coefficient (Wildman–Crippen LogP) is 6.14. The molecule has 2 saturated carbocycles. The summed E-state index contributed by atoms with van der Waals surface area (Å²) in [6.07, 6.45) is 4.47. The van der Waals surface area contributed by atoms with Crippen LogP contribution >= 0.6 is 0 Å². The third kappa shape index (κ3) is 6.40. The number of benzene rings is 2. The smallest absolute Gasteiger partial charge is 0.326 e. The van der Waals surface area contributed by atoms with E-state index in [1.54, 1.807) is 0 Å². The third-order valence-corrected chi connectivity index (χ3v) is 9.19. The van der Waals surface area contributed by atoms with Gasteiger partial charge in [0.25, 0.3) is 0 Å². The number of nitrogens with one attached hydrogen (secondary N) is 1. The van der Waals surface area contributed by atoms with Gasteiger partial charge in [-0.15, -0.1) is 0 Å². The highest BCUT2D eigenvalue weighted by atomic mass is 19.4. The van der Waals surface area contributed by atoms with Gasteiger partial charge in [0, 0.05) is 49.8 Å². The van der Waals surface area contributed by atoms with Crippen LogP contribution in [0, 0.1) is 17.8 Å². The fourth-order valence-corrected chi connectivity index (χ4v) is 6.96. The second kappa shape index (κ2) is 11.4. The molecular weight excluding hydrogens is 529 g/mol. The first kappa shape index (κ1) is 27.7. The summed E-state index contributed by atoms with van der Waals surface area (Å²) >= 11 is 0. The monoisotopic (exact) mass is 564 g/mol. The summed E-state index contributed by atoms with van der Waals surface area (Å²) in [6, 6.07) is 15.5. The van der Waals surface area contributed by atoms with Gasteiger partial charge in [-0.25, -0.2) is 0 Å². The van der Waals surface area contributed by atoms with Crippen molar-refractivity contribution in [3.8, 4) is 0 Å². The van der Waals surface area contributed by atoms with E-state index < -0.39 is 17.6 Å². The fraction of sp³-hybridized carbons (Fsp3) is 0.469. The third-order valence-electron chi connectivity index (χ3n) is 9.19. The summed E-state index contributed by atoms with van der Waals surface area (Å²) < 4.78 is 40.7. The Morgan fingerprint density at radius 3 is 2.37 bits per heavy atom. The zero-order valence-electron chi connectivity index (χ0n) is 22.9. The first-order valence-corrected chi connectivity index (χ1v) is 14.5. The lowest BCUT2D eigenvalue weighted by Gasteiger charge is -2.35. The van der Waals surface area contributed by atoms with Crippen molar-refractivity contribution in [2.45, 2.75) is 63.2 Å². The maximum atomic E-state index is 12.9. The van der Waals surface area contributed by atoms with Crippen LogP contribution in [0.1, 0.15) is 61.1 Å². The van der Waals surface area contributed by atoms with Crippen LogP contribution in [0.25, 0.3) is 0 Å². The molecule has 1 saturated heterocycles. The Morgan fingerprint density at radius 2 is 1.66 bits per heavy atom. The standard InChI is InChI=1S/C32H35F3N4O2/c33-32(34,35)24-7-4-8-25(15-24)37-30(41)14-13-29(40)31-27-19-38(20-28(27)31)26-11-9-22(10-12-26)23-16-36-39(18-23)17-21-5-2-1-3-6-21/h1-8,15-16,18,22,26-28,31H,9-14,17,19-20H2,(H,37,41)/t22?,26?,27-,28+,31?. The Morgan fingerprint density at radius 1 is 0.927 bits per heavy atom. The first-order chi connectivity index (χ1) is 19.7. The topological polar surface area (TPSA) is 67.2 Å². The lowest BCUT2D eigenvalue weighted by molar-refractivity contribution is -0.137. The van der Waals surface area contributed by atoms with Crippen LogP contribution in [0.15, 0.2) is 67.0 Å². The van der Waals surface area contributed by atoms with Crippen LogP contribution in [-0.2, 0) is 22.3 Å². The number of amides is 1. The van der Waals surface area contributed by atoms with Crippen molar-refractivity contribution in [1.82, 2.24) is 14.7 Å². The lowest BCUT2D eigenvalue weighted by Crippen LogP contribution is -2.38. The minimum Gasteiger partial charge on any atom is -0.326 e. The van der Waals surface area contributed by atoms with E-state index in [0.717, 1.165) is 57.5 Å². The molecule has 1 unspecified atom stereocenters. The molecule has 1 amide bonds. The van der Waals surface area contributed by atoms with Gasteiger partial charge in [0.2, 0.25) is 5.91 Å². The van der Waals surface area contributed by atoms with Crippen molar-refractivity contribution in [1.29, 1.82) is 0 Å². The van der Waals surface area contributed by atoms with Crippen LogP contribution in [0.4, 0.5) is 18.9 Å². The van der Waals surface area contributed by atoms with E-state index >= 15 is 0 Å². The number of Topliss-reactive ketones (excluding diaryl/α,β-unsaturated/α-hetero) is 1. The number of anilines is 1. The molecule has 2 aromatic carbocycles. The number of ketones is 1. The average molecular weight is 565 g/mol. The van der Waals surface area contributed by atoms with Gasteiger partial charge in [-0.3, -0.25) is 19.2 Å². The summed E-state index contributed by atoms with van der Waals surface area (Å²) in [5.41, 5.74) is 1.84. The number of alkyl halides is 3. The number of fused-ring (bicyclic) bond motifs is 1. The maximum absolute atomic E-state index is 12.9. The number of rotatable bonds is 9. The molecule has 3 aliphatic rings. The minimum atomic E-state index is -4.47. The normalized spacial score (nSPS) is 26.0. The van der Waals surface area contributed by atoms with Crippen LogP contribution in [0.3, 0.4) is 0 Å². The largest absolute Gasteiger partial charge is 0.416 e. The van der Waals surface area contributed by atoms with E-state index in [0.29, 0.717) is 23.8 Å². The van der Waals surface area contributed by atoms with E-state index in [1.165, 1.54) is 23.3 Å². The van der Waals surface area contributed by atoms with E-state index in [-0.39, 0.29) is 30.2 Å². The second-order valence-corrected chi connectivity index (χ2v) is 11.9. The molecule has 1 aliphatic heterocycles. The summed E-state index contributed by atoms with van der Waals surface area (Å²) in [5, 5.41) is 7.08. The van der Waals surface area contributed by atoms with Crippen molar-refractivity contribution in [2.75, 3.05) is 18.4 Å². The molecule has 3 fully saturated rings. The molecule has 3 aromatic rings. The molecule has 6 rings (SSSR count). The number of carbonyl (C=O) groups excluding carboxylic acids is 2. The van der Waals surface area contributed by atoms with Gasteiger partial charge in [0.15, 0.2) is 0 Å². The molecule has 9 heteroatoms. The molecule has 0 bridgehead atoms. The van der Waals surface area contributed by atoms with Gasteiger partial charge in [-0.05, 0) is 72.8 Å². The van der Waals surface area contributed by atoms with Crippen LogP contribution in [0.5, 0.6) is 0 Å². The predicted molar refractivity (Wildman–Crippen MR) is 149 cm³/mol. The van der Waals surface area contributed by atoms with Gasteiger partial charge in [0.1, 0.15) is 5.78 Å². The van der Waals surface area contributed by atoms with E-state index in [2.05, 4.69) is 33.6 Å². The molecular formula is C32H35F3N4O2. The van der Waals surface area contributed by atoms with Gasteiger partial charge < -0.3 is 5.32 Å². The highest BCUT2D eigenvalue weighted by Crippen LogP contribution is 2.54. The van der Waals surface area contributed by atoms with Crippen molar-refractivity contribution in [2.24, 2.45) is 17.8 Å². The van der Waals surface area contributed by atoms with Crippen LogP contribution in [-0.4, -0.2) is 45.5 Å². The first-order valence-electron chi connectivity index (χ1n) is 14.5. The zero-order chi connectivity index (χ0) is 28.6. The molecule has 1 N–H and O–H groups in total. The van der Waals surface area contributed by atoms with Gasteiger partial charge in [-0.2, -0.15) is 18.3 Å². The maximum Gasteiger partial charge on any atom is 0.416 e. The number of carbonyl (C=O) groups is 2. The molecule has 216 valence electrons. The summed E-state index contributed by atoms with van der Waals surface area (Å²) in [5.74, 6) is 0.997. The van der Waals surface area contributed by atoms with E-state index in [1.807, 2.05) is 29.1 Å². The molecule has 6 nitrogen and oxygen atoms in total. The number of aromatic nitrogens is 2. The Bertz CT molecular complexity index is 1370. The second-order valence-electron chi connectivity index (χ2n) is 11.9. The Hall–Kier alpha value is -3.46. The Balaban J connectivity index is 0.912. The zero-order valence-corrected chi connectivity index (χ0v) is 22.9. The summed E-state index contributed by atoms with van der Waals surface area (Å²) in [4.78, 5) is 27.7. The number of halogens is 3. The Kier molecular flexibility index (Phi) is 7.72. The lowest BCUT2D eigenvalue weighted by atomic mass is 9.82. The van der Waals surface area contributed by atoms with Gasteiger partial charge in [0.05, 0.1) is 18.3 Å². The number of nitrogens with zero attached hydrogens (tertiary/aromatic N) is 3. The van der Waals surface area contributed by atoms with Crippen LogP contribution < -0.4 is 5.32 Å². The fourth-order valence-electron chi connectivity index (χ4n) is 6.96. The molecule has 0 spiro atoms. The molecule has 1 aromatic heterocycles. The van der Waals surface area contributed by atoms with E-state index in [4.69, 9.17) is 0 Å². The van der Waals surface area contributed by atoms with Gasteiger partial charge in [-0.1, -0.05) is 36.4 Å². The van der Waals surface area contributed by atoms with E-state index in [9.17, 15) is 22.8 Å². The van der Waals surface area contributed by atoms with Crippen molar-refractivity contribution in [3.05, 3.63) is 83.7 Å². The molecule has 2 aliphatic carbocycles. The number of piperidine rings is 1. The number of hydrogen-bond donors (Lipinski definition) is 1. The van der Waals surface area contributed by atoms with Crippen molar-refractivity contribution < 1.29 is 22.8 Å². The van der Waals surface area contributed by atoms with Gasteiger partial charge >= 0.3 is 6.18 Å². The molecule has 2 heterocycles. The number of hydrogen-bond acceptors (Lipinski definition) is 4. The highest BCUT2D eigenvalue weighted by molar-refractivity contribution is 5.94. The molecule has 3 atom stereocenters. The molecule has 41 heavy (non-hydrogen) atoms. The highest BCUT2D eigenvalue weighted by Gasteiger charge is 2.59. The molecule has 0 radical (unpaired) electrons. The SMILES string of the molecule is O=C(CCC(=O)C1[C@H]2CN(C3CCC(c4cnn(Cc5ccccc5)c4)CC3)C[C@@H]12)Nc1cccc(C(F)(F)F)c1. The Labute approximate surface area is 237 Å². The summed E-state index contributed by atoms with van der Waals surface area (Å²) in [7, 11) is 0. The summed E-state index contributed by atoms with van der Waals surface area (Å²) in [6.45, 7) is 2.68. The van der Waals surface area contributed by atoms with Crippen LogP contribution in [0.2, 0.25) is 0 Å². The minimum absolute atomic E-state index is 0.0132. The van der Waals surface area contributed by atoms with Crippen molar-refractivity contribution >= 4 is 17.4 Å². The number of likely N-dealkylation sites (tertiary alicyclic amines) is 1. The average Bonchev–Trinajstić information content (AvgIpc) is 3.26.